The van der Waals surface area contributed by atoms with Crippen molar-refractivity contribution in [2.24, 2.45) is 0 Å². The molecule has 0 unspecified atom stereocenters. The minimum absolute atomic E-state index is 0.151. The topological polar surface area (TPSA) is 21.7 Å². The Bertz CT molecular complexity index is 1010. The van der Waals surface area contributed by atoms with Crippen LogP contribution in [-0.4, -0.2) is 39.7 Å². The molecule has 0 aliphatic carbocycles. The molecule has 0 spiro atoms. The first-order chi connectivity index (χ1) is 16.3. The van der Waals surface area contributed by atoms with E-state index in [-0.39, 0.29) is 12.1 Å². The zero-order valence-corrected chi connectivity index (χ0v) is 23.1. The Kier molecular flexibility index (Phi) is 9.55. The van der Waals surface area contributed by atoms with E-state index in [2.05, 4.69) is 20.7 Å². The molecule has 0 N–H and O–H groups in total. The first-order valence-electron chi connectivity index (χ1n) is 11.0. The zero-order chi connectivity index (χ0) is 27.5. The Morgan fingerprint density at radius 3 is 2.08 bits per heavy atom. The van der Waals surface area contributed by atoms with E-state index < -0.39 is 50.5 Å². The molecule has 202 valence electrons. The summed E-state index contributed by atoms with van der Waals surface area (Å²) in [5.41, 5.74) is 0.701. The summed E-state index contributed by atoms with van der Waals surface area (Å²) in [5, 5.41) is -0.474. The van der Waals surface area contributed by atoms with Gasteiger partial charge in [0.25, 0.3) is 0 Å². The van der Waals surface area contributed by atoms with Crippen LogP contribution in [0.15, 0.2) is 53.0 Å². The van der Waals surface area contributed by atoms with Gasteiger partial charge in [-0.1, -0.05) is 54.9 Å². The van der Waals surface area contributed by atoms with E-state index in [1.807, 2.05) is 20.8 Å². The molecule has 2 rings (SSSR count). The van der Waals surface area contributed by atoms with E-state index >= 15 is 0 Å². The van der Waals surface area contributed by atoms with Gasteiger partial charge in [0.1, 0.15) is 5.75 Å². The lowest BCUT2D eigenvalue weighted by molar-refractivity contribution is -0.253. The molecular weight excluding hydrogens is 575 g/mol. The van der Waals surface area contributed by atoms with Crippen LogP contribution in [0.1, 0.15) is 26.3 Å². The fraction of sp³-hybridized carbons (Fsp3) is 0.500. The van der Waals surface area contributed by atoms with Gasteiger partial charge in [-0.15, -0.1) is 0 Å². The second-order valence-corrected chi connectivity index (χ2v) is 15.6. The van der Waals surface area contributed by atoms with Crippen LogP contribution in [0.4, 0.5) is 36.4 Å². The van der Waals surface area contributed by atoms with Gasteiger partial charge >= 0.3 is 18.7 Å². The molecule has 0 heterocycles. The van der Waals surface area contributed by atoms with Crippen LogP contribution in [0.5, 0.6) is 5.75 Å². The maximum absolute atomic E-state index is 14.1. The molecule has 0 fully saturated rings. The molecule has 36 heavy (non-hydrogen) atoms. The van der Waals surface area contributed by atoms with E-state index in [4.69, 9.17) is 4.43 Å². The molecule has 3 nitrogen and oxygen atoms in total. The van der Waals surface area contributed by atoms with Gasteiger partial charge < -0.3 is 14.1 Å². The first kappa shape index (κ1) is 30.4. The Hall–Kier alpha value is -1.79. The van der Waals surface area contributed by atoms with Crippen molar-refractivity contribution in [3.05, 3.63) is 58.6 Å². The summed E-state index contributed by atoms with van der Waals surface area (Å²) < 4.78 is 105. The standard InChI is InChI=1S/C24H29BrF7NO2Si/c1-22(2,3)36(4,5)35-20(23(28,29)30)15-33(18-10-7-9-17(25)13-18)14-16-8-6-11-19(12-16)34-24(31,32)21(26)27/h6-13,20-21H,14-15H2,1-5H3/t20-/m1/s1. The summed E-state index contributed by atoms with van der Waals surface area (Å²) in [4.78, 5) is 1.40. The van der Waals surface area contributed by atoms with Crippen molar-refractivity contribution in [1.82, 2.24) is 0 Å². The van der Waals surface area contributed by atoms with E-state index in [1.165, 1.54) is 17.0 Å². The van der Waals surface area contributed by atoms with Crippen LogP contribution in [0, 0.1) is 0 Å². The van der Waals surface area contributed by atoms with Crippen LogP contribution in [0.25, 0.3) is 0 Å². The van der Waals surface area contributed by atoms with E-state index in [0.29, 0.717) is 10.2 Å². The van der Waals surface area contributed by atoms with Gasteiger partial charge in [-0.05, 0) is 54.0 Å². The Morgan fingerprint density at radius 1 is 0.944 bits per heavy atom. The minimum Gasteiger partial charge on any atom is -0.428 e. The van der Waals surface area contributed by atoms with Crippen molar-refractivity contribution in [2.75, 3.05) is 11.4 Å². The predicted octanol–water partition coefficient (Wildman–Crippen LogP) is 8.65. The van der Waals surface area contributed by atoms with Crippen LogP contribution >= 0.6 is 15.9 Å². The van der Waals surface area contributed by atoms with Crippen LogP contribution in [0.3, 0.4) is 0 Å². The fourth-order valence-electron chi connectivity index (χ4n) is 3.00. The summed E-state index contributed by atoms with van der Waals surface area (Å²) in [6.07, 6.45) is -15.6. The van der Waals surface area contributed by atoms with Gasteiger partial charge in [-0.2, -0.15) is 30.7 Å². The third-order valence-corrected chi connectivity index (χ3v) is 10.9. The molecule has 12 heteroatoms. The molecule has 2 aromatic carbocycles. The average Bonchev–Trinajstić information content (AvgIpc) is 2.71. The fourth-order valence-corrected chi connectivity index (χ4v) is 4.66. The molecule has 0 aliphatic rings. The molecule has 0 amide bonds. The van der Waals surface area contributed by atoms with Crippen molar-refractivity contribution >= 4 is 29.9 Å². The lowest BCUT2D eigenvalue weighted by Gasteiger charge is -2.41. The summed E-state index contributed by atoms with van der Waals surface area (Å²) in [6.45, 7) is 8.21. The quantitative estimate of drug-likeness (QED) is 0.200. The number of nitrogens with zero attached hydrogens (tertiary/aromatic N) is 1. The van der Waals surface area contributed by atoms with E-state index in [1.54, 1.807) is 37.4 Å². The molecule has 0 aliphatic heterocycles. The van der Waals surface area contributed by atoms with Crippen molar-refractivity contribution in [3.8, 4) is 5.75 Å². The zero-order valence-electron chi connectivity index (χ0n) is 20.5. The van der Waals surface area contributed by atoms with Gasteiger partial charge in [0.05, 0.1) is 6.54 Å². The second-order valence-electron chi connectivity index (χ2n) is 9.88. The van der Waals surface area contributed by atoms with Crippen LogP contribution in [0.2, 0.25) is 18.1 Å². The molecule has 0 bridgehead atoms. The number of anilines is 1. The minimum atomic E-state index is -4.71. The van der Waals surface area contributed by atoms with Gasteiger partial charge in [0.2, 0.25) is 0 Å². The summed E-state index contributed by atoms with van der Waals surface area (Å²) in [5.74, 6) is -0.531. The first-order valence-corrected chi connectivity index (χ1v) is 14.7. The van der Waals surface area contributed by atoms with Gasteiger partial charge in [-0.25, -0.2) is 0 Å². The number of hydrogen-bond acceptors (Lipinski definition) is 3. The average molecular weight is 604 g/mol. The monoisotopic (exact) mass is 603 g/mol. The van der Waals surface area contributed by atoms with Crippen molar-refractivity contribution < 1.29 is 39.9 Å². The lowest BCUT2D eigenvalue weighted by Crippen LogP contribution is -2.52. The largest absolute Gasteiger partial charge is 0.461 e. The van der Waals surface area contributed by atoms with Crippen LogP contribution < -0.4 is 9.64 Å². The normalized spacial score (nSPS) is 14.2. The maximum atomic E-state index is 14.1. The Morgan fingerprint density at radius 2 is 1.56 bits per heavy atom. The molecular formula is C24H29BrF7NO2Si. The maximum Gasteiger partial charge on any atom is 0.461 e. The SMILES string of the molecule is CC(C)(C)[Si](C)(C)O[C@H](CN(Cc1cccc(OC(F)(F)C(F)F)c1)c1cccc(Br)c1)C(F)(F)F. The highest BCUT2D eigenvalue weighted by molar-refractivity contribution is 9.10. The predicted molar refractivity (Wildman–Crippen MR) is 131 cm³/mol. The van der Waals surface area contributed by atoms with Crippen molar-refractivity contribution in [2.45, 2.75) is 70.3 Å². The number of rotatable bonds is 10. The molecule has 0 saturated carbocycles. The van der Waals surface area contributed by atoms with Crippen molar-refractivity contribution in [1.29, 1.82) is 0 Å². The number of halogens is 8. The third-order valence-electron chi connectivity index (χ3n) is 5.95. The smallest absolute Gasteiger partial charge is 0.428 e. The Labute approximate surface area is 215 Å². The van der Waals surface area contributed by atoms with Crippen LogP contribution in [-0.2, 0) is 11.0 Å². The molecule has 1 atom stereocenters. The highest BCUT2D eigenvalue weighted by Crippen LogP contribution is 2.40. The summed E-state index contributed by atoms with van der Waals surface area (Å²) >= 11 is 3.31. The number of alkyl halides is 7. The summed E-state index contributed by atoms with van der Waals surface area (Å²) in [7, 11) is -2.83. The molecule has 0 aromatic heterocycles. The molecule has 0 saturated heterocycles. The highest BCUT2D eigenvalue weighted by atomic mass is 79.9. The van der Waals surface area contributed by atoms with Gasteiger partial charge in [-0.3, -0.25) is 0 Å². The summed E-state index contributed by atoms with van der Waals surface area (Å²) in [6, 6.07) is 11.5. The number of benzene rings is 2. The van der Waals surface area contributed by atoms with E-state index in [9.17, 15) is 30.7 Å². The van der Waals surface area contributed by atoms with E-state index in [0.717, 1.165) is 12.1 Å². The highest BCUT2D eigenvalue weighted by Gasteiger charge is 2.48. The molecule has 2 aromatic rings. The lowest BCUT2D eigenvalue weighted by atomic mass is 10.1. The number of ether oxygens (including phenoxy) is 1. The van der Waals surface area contributed by atoms with Crippen molar-refractivity contribution in [3.63, 3.8) is 0 Å². The van der Waals surface area contributed by atoms with Gasteiger partial charge in [0, 0.05) is 16.7 Å². The van der Waals surface area contributed by atoms with Gasteiger partial charge in [0.15, 0.2) is 14.4 Å². The Balaban J connectivity index is 2.42. The third kappa shape index (κ3) is 8.37. The number of hydrogen-bond donors (Lipinski definition) is 0. The second kappa shape index (κ2) is 11.3. The molecule has 0 radical (unpaired) electrons.